The maximum absolute atomic E-state index is 12.7. The van der Waals surface area contributed by atoms with Gasteiger partial charge in [-0.25, -0.2) is 9.18 Å². The van der Waals surface area contributed by atoms with Crippen LogP contribution in [0.5, 0.6) is 0 Å². The summed E-state index contributed by atoms with van der Waals surface area (Å²) in [4.78, 5) is 23.5. The van der Waals surface area contributed by atoms with E-state index < -0.39 is 12.0 Å². The molecular weight excluding hydrogens is 293 g/mol. The highest BCUT2D eigenvalue weighted by atomic mass is 32.2. The number of aliphatic carboxylic acids is 1. The summed E-state index contributed by atoms with van der Waals surface area (Å²) in [6.45, 7) is 3.52. The van der Waals surface area contributed by atoms with Crippen molar-refractivity contribution in [3.05, 3.63) is 42.7 Å². The zero-order valence-electron chi connectivity index (χ0n) is 11.5. The van der Waals surface area contributed by atoms with Gasteiger partial charge >= 0.3 is 5.97 Å². The second-order valence-electron chi connectivity index (χ2n) is 4.38. The lowest BCUT2D eigenvalue weighted by Gasteiger charge is -2.13. The van der Waals surface area contributed by atoms with E-state index in [1.54, 1.807) is 18.2 Å². The van der Waals surface area contributed by atoms with E-state index in [4.69, 9.17) is 5.11 Å². The lowest BCUT2D eigenvalue weighted by Crippen LogP contribution is -2.40. The number of carbonyl (C=O) groups is 2. The minimum atomic E-state index is -1.05. The van der Waals surface area contributed by atoms with E-state index in [1.807, 2.05) is 0 Å². The molecule has 1 atom stereocenters. The highest BCUT2D eigenvalue weighted by Crippen LogP contribution is 2.18. The van der Waals surface area contributed by atoms with Crippen molar-refractivity contribution in [2.24, 2.45) is 0 Å². The van der Waals surface area contributed by atoms with Gasteiger partial charge in [-0.15, -0.1) is 18.3 Å². The molecule has 1 aromatic carbocycles. The van der Waals surface area contributed by atoms with Crippen LogP contribution in [0.4, 0.5) is 4.39 Å². The van der Waals surface area contributed by atoms with Crippen molar-refractivity contribution in [2.75, 3.05) is 5.75 Å². The highest BCUT2D eigenvalue weighted by Gasteiger charge is 2.18. The molecule has 1 aromatic rings. The van der Waals surface area contributed by atoms with Gasteiger partial charge in [-0.1, -0.05) is 6.08 Å². The SMILES string of the molecule is C=CCCC(NC(=O)CCSc1ccc(F)cc1)C(=O)O. The summed E-state index contributed by atoms with van der Waals surface area (Å²) >= 11 is 1.42. The Hall–Kier alpha value is -1.82. The van der Waals surface area contributed by atoms with Crippen LogP contribution >= 0.6 is 11.8 Å². The van der Waals surface area contributed by atoms with Crippen molar-refractivity contribution in [1.82, 2.24) is 5.32 Å². The number of carboxylic acid groups (broad SMARTS) is 1. The largest absolute Gasteiger partial charge is 0.480 e. The molecule has 0 aromatic heterocycles. The Kier molecular flexibility index (Phi) is 7.53. The second kappa shape index (κ2) is 9.18. The van der Waals surface area contributed by atoms with Crippen molar-refractivity contribution >= 4 is 23.6 Å². The Morgan fingerprint density at radius 3 is 2.62 bits per heavy atom. The first kappa shape index (κ1) is 17.2. The van der Waals surface area contributed by atoms with Crippen LogP contribution in [0.2, 0.25) is 0 Å². The summed E-state index contributed by atoms with van der Waals surface area (Å²) < 4.78 is 12.7. The third-order valence-corrected chi connectivity index (χ3v) is 3.72. The first-order chi connectivity index (χ1) is 10.0. The van der Waals surface area contributed by atoms with Crippen LogP contribution in [-0.2, 0) is 9.59 Å². The van der Waals surface area contributed by atoms with Gasteiger partial charge in [0.1, 0.15) is 11.9 Å². The van der Waals surface area contributed by atoms with Crippen LogP contribution in [-0.4, -0.2) is 28.8 Å². The molecule has 0 saturated carbocycles. The number of hydrogen-bond donors (Lipinski definition) is 2. The molecule has 0 spiro atoms. The number of nitrogens with one attached hydrogen (secondary N) is 1. The van der Waals surface area contributed by atoms with E-state index in [1.165, 1.54) is 23.9 Å². The number of carbonyl (C=O) groups excluding carboxylic acids is 1. The van der Waals surface area contributed by atoms with Gasteiger partial charge in [-0.3, -0.25) is 4.79 Å². The normalized spacial score (nSPS) is 11.7. The number of thioether (sulfide) groups is 1. The van der Waals surface area contributed by atoms with Gasteiger partial charge in [0.2, 0.25) is 5.91 Å². The van der Waals surface area contributed by atoms with Crippen LogP contribution in [0.1, 0.15) is 19.3 Å². The van der Waals surface area contributed by atoms with E-state index in [-0.39, 0.29) is 18.1 Å². The number of allylic oxidation sites excluding steroid dienone is 1. The minimum Gasteiger partial charge on any atom is -0.480 e. The van der Waals surface area contributed by atoms with Crippen LogP contribution in [0, 0.1) is 5.82 Å². The number of benzene rings is 1. The maximum Gasteiger partial charge on any atom is 0.326 e. The van der Waals surface area contributed by atoms with E-state index in [9.17, 15) is 14.0 Å². The summed E-state index contributed by atoms with van der Waals surface area (Å²) in [5, 5.41) is 11.5. The molecule has 4 nitrogen and oxygen atoms in total. The number of halogens is 1. The van der Waals surface area contributed by atoms with Gasteiger partial charge in [0.15, 0.2) is 0 Å². The molecule has 0 fully saturated rings. The second-order valence-corrected chi connectivity index (χ2v) is 5.55. The fourth-order valence-corrected chi connectivity index (χ4v) is 2.45. The number of hydrogen-bond acceptors (Lipinski definition) is 3. The lowest BCUT2D eigenvalue weighted by atomic mass is 10.1. The fourth-order valence-electron chi connectivity index (χ4n) is 1.60. The maximum atomic E-state index is 12.7. The summed E-state index contributed by atoms with van der Waals surface area (Å²) in [6, 6.07) is 5.12. The Morgan fingerprint density at radius 1 is 1.38 bits per heavy atom. The molecule has 1 unspecified atom stereocenters. The molecule has 0 heterocycles. The average Bonchev–Trinajstić information content (AvgIpc) is 2.45. The smallest absolute Gasteiger partial charge is 0.326 e. The molecule has 0 aliphatic heterocycles. The molecule has 0 bridgehead atoms. The van der Waals surface area contributed by atoms with Crippen molar-refractivity contribution in [3.8, 4) is 0 Å². The predicted octanol–water partition coefficient (Wildman–Crippen LogP) is 2.84. The van der Waals surface area contributed by atoms with Crippen molar-refractivity contribution in [3.63, 3.8) is 0 Å². The molecule has 21 heavy (non-hydrogen) atoms. The first-order valence-corrected chi connectivity index (χ1v) is 7.53. The summed E-state index contributed by atoms with van der Waals surface area (Å²) in [5.41, 5.74) is 0. The van der Waals surface area contributed by atoms with E-state index in [0.29, 0.717) is 18.6 Å². The summed E-state index contributed by atoms with van der Waals surface area (Å²) in [5.74, 6) is -1.15. The molecule has 1 amide bonds. The standard InChI is InChI=1S/C15H18FNO3S/c1-2-3-4-13(15(19)20)17-14(18)9-10-21-12-7-5-11(16)6-8-12/h2,5-8,13H,1,3-4,9-10H2,(H,17,18)(H,19,20). The topological polar surface area (TPSA) is 66.4 Å². The van der Waals surface area contributed by atoms with Crippen LogP contribution in [0.3, 0.4) is 0 Å². The molecule has 0 aliphatic carbocycles. The van der Waals surface area contributed by atoms with Gasteiger partial charge < -0.3 is 10.4 Å². The Labute approximate surface area is 127 Å². The quantitative estimate of drug-likeness (QED) is 0.543. The van der Waals surface area contributed by atoms with E-state index in [0.717, 1.165) is 4.90 Å². The average molecular weight is 311 g/mol. The zero-order chi connectivity index (χ0) is 15.7. The van der Waals surface area contributed by atoms with Crippen LogP contribution in [0.25, 0.3) is 0 Å². The van der Waals surface area contributed by atoms with Gasteiger partial charge in [0.25, 0.3) is 0 Å². The Balaban J connectivity index is 2.33. The Morgan fingerprint density at radius 2 is 2.05 bits per heavy atom. The molecule has 0 saturated heterocycles. The zero-order valence-corrected chi connectivity index (χ0v) is 12.4. The highest BCUT2D eigenvalue weighted by molar-refractivity contribution is 7.99. The molecule has 0 radical (unpaired) electrons. The molecule has 6 heteroatoms. The van der Waals surface area contributed by atoms with Gasteiger partial charge in [0, 0.05) is 17.1 Å². The molecule has 1 rings (SSSR count). The predicted molar refractivity (Wildman–Crippen MR) is 80.7 cm³/mol. The number of rotatable bonds is 9. The van der Waals surface area contributed by atoms with Gasteiger partial charge in [-0.05, 0) is 37.1 Å². The van der Waals surface area contributed by atoms with E-state index >= 15 is 0 Å². The molecular formula is C15H18FNO3S. The minimum absolute atomic E-state index is 0.208. The van der Waals surface area contributed by atoms with Crippen LogP contribution < -0.4 is 5.32 Å². The molecule has 2 N–H and O–H groups in total. The first-order valence-electron chi connectivity index (χ1n) is 6.54. The van der Waals surface area contributed by atoms with Gasteiger partial charge in [-0.2, -0.15) is 0 Å². The van der Waals surface area contributed by atoms with Gasteiger partial charge in [0.05, 0.1) is 0 Å². The summed E-state index contributed by atoms with van der Waals surface area (Å²) in [6.07, 6.45) is 2.68. The Bertz CT molecular complexity index is 490. The van der Waals surface area contributed by atoms with E-state index in [2.05, 4.69) is 11.9 Å². The molecule has 114 valence electrons. The summed E-state index contributed by atoms with van der Waals surface area (Å²) in [7, 11) is 0. The fraction of sp³-hybridized carbons (Fsp3) is 0.333. The third-order valence-electron chi connectivity index (χ3n) is 2.70. The third kappa shape index (κ3) is 6.94. The molecule has 0 aliphatic rings. The number of amides is 1. The lowest BCUT2D eigenvalue weighted by molar-refractivity contribution is -0.141. The monoisotopic (exact) mass is 311 g/mol. The van der Waals surface area contributed by atoms with Crippen LogP contribution in [0.15, 0.2) is 41.8 Å². The van der Waals surface area contributed by atoms with Crippen molar-refractivity contribution in [1.29, 1.82) is 0 Å². The number of carboxylic acids is 1. The van der Waals surface area contributed by atoms with Crippen molar-refractivity contribution in [2.45, 2.75) is 30.2 Å². The van der Waals surface area contributed by atoms with Crippen molar-refractivity contribution < 1.29 is 19.1 Å².